The van der Waals surface area contributed by atoms with Crippen molar-refractivity contribution in [2.24, 2.45) is 10.9 Å². The predicted molar refractivity (Wildman–Crippen MR) is 91.7 cm³/mol. The lowest BCUT2D eigenvalue weighted by Gasteiger charge is -2.05. The van der Waals surface area contributed by atoms with Crippen molar-refractivity contribution >= 4 is 23.1 Å². The molecule has 0 aromatic heterocycles. The minimum Gasteiger partial charge on any atom is -0.493 e. The van der Waals surface area contributed by atoms with Gasteiger partial charge in [0, 0.05) is 11.6 Å². The second-order valence-corrected chi connectivity index (χ2v) is 5.70. The van der Waals surface area contributed by atoms with E-state index in [4.69, 9.17) is 4.74 Å². The summed E-state index contributed by atoms with van der Waals surface area (Å²) in [6.07, 6.45) is 2.36. The number of ether oxygens (including phenoxy) is 1. The highest BCUT2D eigenvalue weighted by molar-refractivity contribution is 7.78. The summed E-state index contributed by atoms with van der Waals surface area (Å²) in [4.78, 5) is 3.59. The monoisotopic (exact) mass is 341 g/mol. The summed E-state index contributed by atoms with van der Waals surface area (Å²) in [5.74, 6) is 5.52. The first-order chi connectivity index (χ1) is 11.7. The Labute approximate surface area is 144 Å². The van der Waals surface area contributed by atoms with E-state index in [1.807, 2.05) is 0 Å². The molecular formula is C19H13F2NOS. The third-order valence-corrected chi connectivity index (χ3v) is 3.67. The number of halogens is 2. The number of nitrogens with zero attached hydrogens (tertiary/aromatic N) is 1. The van der Waals surface area contributed by atoms with Crippen LogP contribution in [-0.2, 0) is 0 Å². The van der Waals surface area contributed by atoms with Crippen LogP contribution in [0.25, 0.3) is 0 Å². The Morgan fingerprint density at radius 1 is 1.08 bits per heavy atom. The topological polar surface area (TPSA) is 21.6 Å². The third kappa shape index (κ3) is 4.26. The van der Waals surface area contributed by atoms with E-state index < -0.39 is 11.6 Å². The average molecular weight is 341 g/mol. The Morgan fingerprint density at radius 2 is 1.92 bits per heavy atom. The third-order valence-electron chi connectivity index (χ3n) is 3.58. The zero-order valence-electron chi connectivity index (χ0n) is 12.7. The van der Waals surface area contributed by atoms with E-state index in [2.05, 4.69) is 34.2 Å². The van der Waals surface area contributed by atoms with Crippen molar-refractivity contribution < 1.29 is 13.5 Å². The van der Waals surface area contributed by atoms with Crippen molar-refractivity contribution in [3.63, 3.8) is 0 Å². The van der Waals surface area contributed by atoms with Crippen LogP contribution in [0.5, 0.6) is 5.75 Å². The fourth-order valence-electron chi connectivity index (χ4n) is 2.05. The van der Waals surface area contributed by atoms with Gasteiger partial charge >= 0.3 is 0 Å². The van der Waals surface area contributed by atoms with E-state index in [9.17, 15) is 8.78 Å². The van der Waals surface area contributed by atoms with Gasteiger partial charge in [-0.3, -0.25) is 0 Å². The molecule has 0 spiro atoms. The molecule has 0 amide bonds. The molecule has 1 saturated carbocycles. The molecule has 0 bridgehead atoms. The maximum absolute atomic E-state index is 14.0. The number of rotatable bonds is 4. The summed E-state index contributed by atoms with van der Waals surface area (Å²) < 4.78 is 33.3. The second kappa shape index (κ2) is 7.35. The fraction of sp³-hybridized carbons (Fsp3) is 0.211. The van der Waals surface area contributed by atoms with E-state index in [1.54, 1.807) is 18.2 Å². The minimum atomic E-state index is -0.552. The molecule has 2 aromatic carbocycles. The Bertz CT molecular complexity index is 875. The van der Waals surface area contributed by atoms with E-state index in [0.29, 0.717) is 23.8 Å². The first-order valence-corrected chi connectivity index (χ1v) is 7.88. The quantitative estimate of drug-likeness (QED) is 0.449. The molecule has 0 atom stereocenters. The van der Waals surface area contributed by atoms with Crippen LogP contribution in [0.15, 0.2) is 41.4 Å². The molecule has 24 heavy (non-hydrogen) atoms. The Kier molecular flexibility index (Phi) is 5.00. The normalized spacial score (nSPS) is 12.8. The molecule has 0 radical (unpaired) electrons. The average Bonchev–Trinajstić information content (AvgIpc) is 3.39. The van der Waals surface area contributed by atoms with Gasteiger partial charge in [-0.2, -0.15) is 4.99 Å². The van der Waals surface area contributed by atoms with Crippen molar-refractivity contribution in [2.75, 3.05) is 6.61 Å². The smallest absolute Gasteiger partial charge is 0.150 e. The first-order valence-electron chi connectivity index (χ1n) is 7.47. The van der Waals surface area contributed by atoms with Crippen LogP contribution in [0.1, 0.15) is 24.0 Å². The Balaban J connectivity index is 1.74. The highest BCUT2D eigenvalue weighted by Crippen LogP contribution is 2.29. The summed E-state index contributed by atoms with van der Waals surface area (Å²) >= 11 is 4.44. The van der Waals surface area contributed by atoms with Crippen molar-refractivity contribution in [3.05, 3.63) is 59.2 Å². The molecule has 1 fully saturated rings. The maximum atomic E-state index is 14.0. The molecular weight excluding hydrogens is 328 g/mol. The Hall–Kier alpha value is -2.54. The summed E-state index contributed by atoms with van der Waals surface area (Å²) in [6.45, 7) is 0.625. The van der Waals surface area contributed by atoms with Crippen LogP contribution in [0, 0.1) is 29.4 Å². The number of thiocarbonyl (C=S) groups is 1. The van der Waals surface area contributed by atoms with Crippen molar-refractivity contribution in [1.29, 1.82) is 0 Å². The molecule has 5 heteroatoms. The molecule has 1 aliphatic carbocycles. The molecule has 1 aliphatic rings. The second-order valence-electron chi connectivity index (χ2n) is 5.52. The predicted octanol–water partition coefficient (Wildman–Crippen LogP) is 4.89. The molecule has 2 nitrogen and oxygen atoms in total. The summed E-state index contributed by atoms with van der Waals surface area (Å²) in [5.41, 5.74) is 0.748. The van der Waals surface area contributed by atoms with Crippen LogP contribution in [-0.4, -0.2) is 11.8 Å². The van der Waals surface area contributed by atoms with Gasteiger partial charge in [0.15, 0.2) is 5.82 Å². The largest absolute Gasteiger partial charge is 0.493 e. The number of hydrogen-bond donors (Lipinski definition) is 0. The van der Waals surface area contributed by atoms with Crippen molar-refractivity contribution in [2.45, 2.75) is 12.8 Å². The number of hydrogen-bond acceptors (Lipinski definition) is 3. The van der Waals surface area contributed by atoms with Crippen LogP contribution in [0.4, 0.5) is 14.5 Å². The fourth-order valence-corrected chi connectivity index (χ4v) is 2.15. The lowest BCUT2D eigenvalue weighted by Crippen LogP contribution is -1.99. The van der Waals surface area contributed by atoms with Crippen LogP contribution < -0.4 is 4.74 Å². The zero-order valence-corrected chi connectivity index (χ0v) is 13.5. The number of benzene rings is 2. The van der Waals surface area contributed by atoms with Gasteiger partial charge < -0.3 is 4.74 Å². The van der Waals surface area contributed by atoms with Gasteiger partial charge in [-0.25, -0.2) is 8.78 Å². The zero-order chi connectivity index (χ0) is 16.9. The number of isothiocyanates is 1. The molecule has 0 heterocycles. The van der Waals surface area contributed by atoms with E-state index in [-0.39, 0.29) is 11.3 Å². The van der Waals surface area contributed by atoms with E-state index in [0.717, 1.165) is 0 Å². The van der Waals surface area contributed by atoms with Gasteiger partial charge in [0.05, 0.1) is 17.3 Å². The van der Waals surface area contributed by atoms with Gasteiger partial charge in [-0.1, -0.05) is 11.8 Å². The van der Waals surface area contributed by atoms with Gasteiger partial charge in [0.25, 0.3) is 0 Å². The molecule has 0 aliphatic heterocycles. The molecule has 0 unspecified atom stereocenters. The number of aliphatic imine (C=N–C) groups is 1. The summed E-state index contributed by atoms with van der Waals surface area (Å²) in [5, 5.41) is 2.11. The Morgan fingerprint density at radius 3 is 2.58 bits per heavy atom. The van der Waals surface area contributed by atoms with Crippen LogP contribution in [0.2, 0.25) is 0 Å². The van der Waals surface area contributed by atoms with Crippen molar-refractivity contribution in [1.82, 2.24) is 0 Å². The van der Waals surface area contributed by atoms with Gasteiger partial charge in [0.2, 0.25) is 0 Å². The molecule has 0 saturated heterocycles. The SMILES string of the molecule is Fc1cc(OCC2CC2)ccc1C#Cc1ccc(N=C=S)c(F)c1. The molecule has 2 aromatic rings. The highest BCUT2D eigenvalue weighted by atomic mass is 32.1. The highest BCUT2D eigenvalue weighted by Gasteiger charge is 2.21. The van der Waals surface area contributed by atoms with Crippen LogP contribution in [0.3, 0.4) is 0 Å². The summed E-state index contributed by atoms with van der Waals surface area (Å²) in [7, 11) is 0. The lowest BCUT2D eigenvalue weighted by molar-refractivity contribution is 0.298. The maximum Gasteiger partial charge on any atom is 0.150 e. The van der Waals surface area contributed by atoms with Crippen LogP contribution >= 0.6 is 12.2 Å². The first kappa shape index (κ1) is 16.3. The standard InChI is InChI=1S/C19H13F2NOS/c20-17-10-16(23-11-14-1-2-14)7-6-15(17)5-3-13-4-8-19(22-12-24)18(21)9-13/h4,6-10,14H,1-2,11H2. The lowest BCUT2D eigenvalue weighted by atomic mass is 10.1. The van der Waals surface area contributed by atoms with E-state index >= 15 is 0 Å². The summed E-state index contributed by atoms with van der Waals surface area (Å²) in [6, 6.07) is 8.84. The molecule has 0 N–H and O–H groups in total. The van der Waals surface area contributed by atoms with Crippen molar-refractivity contribution in [3.8, 4) is 17.6 Å². The van der Waals surface area contributed by atoms with Gasteiger partial charge in [0.1, 0.15) is 17.3 Å². The molecule has 3 rings (SSSR count). The van der Waals surface area contributed by atoms with Gasteiger partial charge in [-0.05, 0) is 61.3 Å². The van der Waals surface area contributed by atoms with Gasteiger partial charge in [-0.15, -0.1) is 0 Å². The molecule has 120 valence electrons. The minimum absolute atomic E-state index is 0.0962. The van der Waals surface area contributed by atoms with E-state index in [1.165, 1.54) is 31.0 Å².